The molecule has 4 nitrogen and oxygen atoms in total. The molecule has 0 radical (unpaired) electrons. The molecule has 150 valence electrons. The van der Waals surface area contributed by atoms with Crippen molar-refractivity contribution in [2.45, 2.75) is 18.7 Å². The fourth-order valence-corrected chi connectivity index (χ4v) is 3.14. The van der Waals surface area contributed by atoms with Crippen molar-refractivity contribution in [3.05, 3.63) is 64.7 Å². The zero-order valence-corrected chi connectivity index (χ0v) is 15.7. The molecule has 0 saturated carbocycles. The van der Waals surface area contributed by atoms with Crippen molar-refractivity contribution in [2.24, 2.45) is 0 Å². The van der Waals surface area contributed by atoms with Gasteiger partial charge < -0.3 is 14.4 Å². The van der Waals surface area contributed by atoms with E-state index in [1.165, 1.54) is 12.1 Å². The van der Waals surface area contributed by atoms with Gasteiger partial charge in [0.15, 0.2) is 0 Å². The number of hydrogen-bond acceptors (Lipinski definition) is 3. The second kappa shape index (κ2) is 8.84. The molecule has 0 aromatic heterocycles. The van der Waals surface area contributed by atoms with E-state index in [9.17, 15) is 18.0 Å². The first-order valence-corrected chi connectivity index (χ1v) is 9.13. The van der Waals surface area contributed by atoms with Crippen LogP contribution in [0.1, 0.15) is 11.1 Å². The number of rotatable bonds is 5. The Hall–Kier alpha value is -2.25. The molecule has 1 unspecified atom stereocenters. The van der Waals surface area contributed by atoms with Gasteiger partial charge in [-0.3, -0.25) is 4.79 Å². The predicted molar refractivity (Wildman–Crippen MR) is 98.4 cm³/mol. The molecule has 0 N–H and O–H groups in total. The van der Waals surface area contributed by atoms with Crippen LogP contribution >= 0.6 is 11.6 Å². The molecule has 0 aliphatic carbocycles. The molecular formula is C20H19ClF3NO3. The standard InChI is InChI=1S/C20H19ClF3NO3/c21-16-5-1-3-14(9-16)10-19(26)25-7-8-27-18(12-25)13-28-17-6-2-4-15(11-17)20(22,23)24/h1-6,9,11,18H,7-8,10,12-13H2. The van der Waals surface area contributed by atoms with Crippen LogP contribution in [-0.4, -0.2) is 43.2 Å². The SMILES string of the molecule is O=C(Cc1cccc(Cl)c1)N1CCOC(COc2cccc(C(F)(F)F)c2)C1. The largest absolute Gasteiger partial charge is 0.491 e. The fraction of sp³-hybridized carbons (Fsp3) is 0.350. The Kier molecular flexibility index (Phi) is 6.46. The van der Waals surface area contributed by atoms with E-state index in [1.54, 1.807) is 23.1 Å². The van der Waals surface area contributed by atoms with Gasteiger partial charge in [-0.25, -0.2) is 0 Å². The number of halogens is 4. The van der Waals surface area contributed by atoms with Crippen molar-refractivity contribution in [3.8, 4) is 5.75 Å². The van der Waals surface area contributed by atoms with Crippen LogP contribution < -0.4 is 4.74 Å². The highest BCUT2D eigenvalue weighted by Crippen LogP contribution is 2.31. The molecule has 1 saturated heterocycles. The van der Waals surface area contributed by atoms with Crippen LogP contribution in [0.4, 0.5) is 13.2 Å². The van der Waals surface area contributed by atoms with Gasteiger partial charge >= 0.3 is 6.18 Å². The molecule has 1 atom stereocenters. The van der Waals surface area contributed by atoms with Crippen molar-refractivity contribution in [3.63, 3.8) is 0 Å². The number of morpholine rings is 1. The molecule has 2 aromatic carbocycles. The Labute approximate surface area is 165 Å². The van der Waals surface area contributed by atoms with E-state index >= 15 is 0 Å². The molecule has 8 heteroatoms. The van der Waals surface area contributed by atoms with E-state index in [4.69, 9.17) is 21.1 Å². The summed E-state index contributed by atoms with van der Waals surface area (Å²) in [5.74, 6) is 0.0513. The first-order chi connectivity index (χ1) is 13.3. The maximum absolute atomic E-state index is 12.8. The van der Waals surface area contributed by atoms with Gasteiger partial charge in [0.2, 0.25) is 5.91 Å². The van der Waals surface area contributed by atoms with Crippen molar-refractivity contribution in [1.29, 1.82) is 0 Å². The van der Waals surface area contributed by atoms with Crippen LogP contribution in [0.15, 0.2) is 48.5 Å². The third-order valence-electron chi connectivity index (χ3n) is 4.33. The summed E-state index contributed by atoms with van der Waals surface area (Å²) < 4.78 is 49.4. The van der Waals surface area contributed by atoms with Crippen LogP contribution in [0.25, 0.3) is 0 Å². The lowest BCUT2D eigenvalue weighted by Gasteiger charge is -2.33. The maximum atomic E-state index is 12.8. The lowest BCUT2D eigenvalue weighted by Crippen LogP contribution is -2.48. The minimum Gasteiger partial charge on any atom is -0.491 e. The number of carbonyl (C=O) groups excluding carboxylic acids is 1. The Morgan fingerprint density at radius 3 is 2.75 bits per heavy atom. The quantitative estimate of drug-likeness (QED) is 0.737. The van der Waals surface area contributed by atoms with E-state index in [2.05, 4.69) is 0 Å². The van der Waals surface area contributed by atoms with Crippen LogP contribution in [0.3, 0.4) is 0 Å². The van der Waals surface area contributed by atoms with E-state index in [-0.39, 0.29) is 24.7 Å². The molecule has 1 heterocycles. The third kappa shape index (κ3) is 5.62. The summed E-state index contributed by atoms with van der Waals surface area (Å²) in [5.41, 5.74) is 0.0497. The molecule has 0 bridgehead atoms. The number of benzene rings is 2. The van der Waals surface area contributed by atoms with E-state index < -0.39 is 17.8 Å². The smallest absolute Gasteiger partial charge is 0.416 e. The van der Waals surface area contributed by atoms with E-state index in [0.717, 1.165) is 17.7 Å². The number of ether oxygens (including phenoxy) is 2. The second-order valence-corrected chi connectivity index (χ2v) is 6.91. The van der Waals surface area contributed by atoms with Gasteiger partial charge in [0, 0.05) is 11.6 Å². The van der Waals surface area contributed by atoms with Gasteiger partial charge in [-0.05, 0) is 35.9 Å². The van der Waals surface area contributed by atoms with E-state index in [0.29, 0.717) is 24.7 Å². The van der Waals surface area contributed by atoms with Crippen LogP contribution in [0.5, 0.6) is 5.75 Å². The molecule has 1 aliphatic rings. The highest BCUT2D eigenvalue weighted by Gasteiger charge is 2.31. The Bertz CT molecular complexity index is 828. The number of hydrogen-bond donors (Lipinski definition) is 0. The summed E-state index contributed by atoms with van der Waals surface area (Å²) in [6.45, 7) is 1.18. The Balaban J connectivity index is 1.54. The Morgan fingerprint density at radius 1 is 1.21 bits per heavy atom. The molecule has 1 fully saturated rings. The summed E-state index contributed by atoms with van der Waals surface area (Å²) >= 11 is 5.94. The van der Waals surface area contributed by atoms with E-state index in [1.807, 2.05) is 6.07 Å². The van der Waals surface area contributed by atoms with Crippen LogP contribution in [0, 0.1) is 0 Å². The third-order valence-corrected chi connectivity index (χ3v) is 4.57. The van der Waals surface area contributed by atoms with Gasteiger partial charge in [0.25, 0.3) is 0 Å². The summed E-state index contributed by atoms with van der Waals surface area (Å²) in [4.78, 5) is 14.2. The molecule has 1 aliphatic heterocycles. The maximum Gasteiger partial charge on any atom is 0.416 e. The summed E-state index contributed by atoms with van der Waals surface area (Å²) in [6, 6.07) is 11.8. The highest BCUT2D eigenvalue weighted by molar-refractivity contribution is 6.30. The lowest BCUT2D eigenvalue weighted by molar-refractivity contribution is -0.139. The summed E-state index contributed by atoms with van der Waals surface area (Å²) in [5, 5.41) is 0.569. The minimum absolute atomic E-state index is 0.0578. The Morgan fingerprint density at radius 2 is 2.00 bits per heavy atom. The van der Waals surface area contributed by atoms with Crippen LogP contribution in [-0.2, 0) is 22.1 Å². The van der Waals surface area contributed by atoms with Gasteiger partial charge in [-0.2, -0.15) is 13.2 Å². The number of nitrogens with zero attached hydrogens (tertiary/aromatic N) is 1. The fourth-order valence-electron chi connectivity index (χ4n) is 2.93. The normalized spacial score (nSPS) is 17.4. The monoisotopic (exact) mass is 413 g/mol. The number of carbonyl (C=O) groups is 1. The van der Waals surface area contributed by atoms with Gasteiger partial charge in [-0.1, -0.05) is 29.8 Å². The molecule has 0 spiro atoms. The minimum atomic E-state index is -4.43. The molecule has 1 amide bonds. The first kappa shape index (κ1) is 20.5. The molecule has 3 rings (SSSR count). The number of amides is 1. The van der Waals surface area contributed by atoms with Crippen molar-refractivity contribution in [1.82, 2.24) is 4.90 Å². The van der Waals surface area contributed by atoms with Crippen molar-refractivity contribution in [2.75, 3.05) is 26.3 Å². The first-order valence-electron chi connectivity index (χ1n) is 8.75. The second-order valence-electron chi connectivity index (χ2n) is 6.48. The van der Waals surface area contributed by atoms with Gasteiger partial charge in [-0.15, -0.1) is 0 Å². The van der Waals surface area contributed by atoms with Gasteiger partial charge in [0.05, 0.1) is 25.1 Å². The average molecular weight is 414 g/mol. The van der Waals surface area contributed by atoms with Gasteiger partial charge in [0.1, 0.15) is 18.5 Å². The zero-order chi connectivity index (χ0) is 20.1. The molecule has 28 heavy (non-hydrogen) atoms. The topological polar surface area (TPSA) is 38.8 Å². The zero-order valence-electron chi connectivity index (χ0n) is 14.9. The summed E-state index contributed by atoms with van der Waals surface area (Å²) in [6.07, 6.45) is -4.61. The average Bonchev–Trinajstić information content (AvgIpc) is 2.66. The molecular weight excluding hydrogens is 395 g/mol. The number of alkyl halides is 3. The molecule has 2 aromatic rings. The van der Waals surface area contributed by atoms with Crippen molar-refractivity contribution < 1.29 is 27.4 Å². The lowest BCUT2D eigenvalue weighted by atomic mass is 10.1. The van der Waals surface area contributed by atoms with Crippen molar-refractivity contribution >= 4 is 17.5 Å². The predicted octanol–water partition coefficient (Wildman–Crippen LogP) is 4.21. The highest BCUT2D eigenvalue weighted by atomic mass is 35.5. The van der Waals surface area contributed by atoms with Crippen LogP contribution in [0.2, 0.25) is 5.02 Å². The summed E-state index contributed by atoms with van der Waals surface area (Å²) in [7, 11) is 0.